The summed E-state index contributed by atoms with van der Waals surface area (Å²) >= 11 is 1.27. The van der Waals surface area contributed by atoms with Crippen molar-refractivity contribution in [1.29, 1.82) is 0 Å². The molecule has 96 valence electrons. The van der Waals surface area contributed by atoms with Gasteiger partial charge in [-0.05, 0) is 20.3 Å². The fourth-order valence-electron chi connectivity index (χ4n) is 1.47. The lowest BCUT2D eigenvalue weighted by Gasteiger charge is -2.24. The number of rotatable bonds is 3. The summed E-state index contributed by atoms with van der Waals surface area (Å²) in [5.74, 6) is -0.163. The lowest BCUT2D eigenvalue weighted by molar-refractivity contribution is 0.0916. The van der Waals surface area contributed by atoms with Gasteiger partial charge in [-0.1, -0.05) is 6.92 Å². The van der Waals surface area contributed by atoms with Crippen LogP contribution in [0.3, 0.4) is 0 Å². The summed E-state index contributed by atoms with van der Waals surface area (Å²) in [6.45, 7) is 5.98. The number of carbonyl (C=O) groups is 1. The van der Waals surface area contributed by atoms with Gasteiger partial charge in [0.1, 0.15) is 15.2 Å². The van der Waals surface area contributed by atoms with Crippen LogP contribution in [0.2, 0.25) is 0 Å². The van der Waals surface area contributed by atoms with Crippen LogP contribution in [0, 0.1) is 0 Å². The lowest BCUT2D eigenvalue weighted by atomic mass is 10.0. The number of hydrogen-bond acceptors (Lipinski definition) is 5. The van der Waals surface area contributed by atoms with Gasteiger partial charge in [0, 0.05) is 17.9 Å². The van der Waals surface area contributed by atoms with E-state index in [4.69, 9.17) is 5.73 Å². The lowest BCUT2D eigenvalue weighted by Crippen LogP contribution is -2.42. The summed E-state index contributed by atoms with van der Waals surface area (Å²) < 4.78 is 0. The van der Waals surface area contributed by atoms with E-state index in [9.17, 15) is 4.79 Å². The van der Waals surface area contributed by atoms with Gasteiger partial charge in [0.15, 0.2) is 0 Å². The van der Waals surface area contributed by atoms with Crippen molar-refractivity contribution in [2.24, 2.45) is 0 Å². The Labute approximate surface area is 109 Å². The van der Waals surface area contributed by atoms with Gasteiger partial charge in [-0.15, -0.1) is 11.3 Å². The Bertz CT molecular complexity index is 591. The van der Waals surface area contributed by atoms with E-state index in [1.807, 2.05) is 20.8 Å². The van der Waals surface area contributed by atoms with Crippen LogP contribution in [0.1, 0.15) is 36.9 Å². The second kappa shape index (κ2) is 4.53. The molecule has 2 rings (SSSR count). The third-order valence-corrected chi connectivity index (χ3v) is 4.01. The average molecular weight is 264 g/mol. The summed E-state index contributed by atoms with van der Waals surface area (Å²) in [6, 6.07) is 0. The Hall–Kier alpha value is -1.69. The Morgan fingerprint density at radius 2 is 2.11 bits per heavy atom. The molecule has 0 aliphatic rings. The minimum atomic E-state index is -0.249. The number of nitrogens with one attached hydrogen (secondary N) is 1. The van der Waals surface area contributed by atoms with Gasteiger partial charge >= 0.3 is 0 Å². The van der Waals surface area contributed by atoms with Gasteiger partial charge in [0.25, 0.3) is 5.91 Å². The fourth-order valence-corrected chi connectivity index (χ4v) is 2.38. The molecule has 18 heavy (non-hydrogen) atoms. The predicted molar refractivity (Wildman–Crippen MR) is 73.7 cm³/mol. The van der Waals surface area contributed by atoms with Crippen molar-refractivity contribution in [3.63, 3.8) is 0 Å². The van der Waals surface area contributed by atoms with Crippen molar-refractivity contribution in [3.05, 3.63) is 17.3 Å². The Kier molecular flexibility index (Phi) is 3.21. The second-order valence-electron chi connectivity index (χ2n) is 4.75. The first-order valence-corrected chi connectivity index (χ1v) is 6.58. The van der Waals surface area contributed by atoms with E-state index < -0.39 is 0 Å². The molecule has 2 aromatic rings. The van der Waals surface area contributed by atoms with Gasteiger partial charge in [-0.3, -0.25) is 4.79 Å². The van der Waals surface area contributed by atoms with E-state index in [0.29, 0.717) is 20.9 Å². The molecule has 3 N–H and O–H groups in total. The number of carbonyl (C=O) groups excluding carboxylic acids is 1. The van der Waals surface area contributed by atoms with E-state index in [1.54, 1.807) is 12.4 Å². The summed E-state index contributed by atoms with van der Waals surface area (Å²) in [4.78, 5) is 21.6. The van der Waals surface area contributed by atoms with Crippen molar-refractivity contribution in [3.8, 4) is 0 Å². The first-order chi connectivity index (χ1) is 8.44. The highest BCUT2D eigenvalue weighted by atomic mass is 32.1. The molecule has 0 radical (unpaired) electrons. The maximum atomic E-state index is 12.2. The van der Waals surface area contributed by atoms with Crippen LogP contribution in [-0.4, -0.2) is 21.4 Å². The molecule has 0 unspecified atom stereocenters. The normalized spacial score (nSPS) is 11.7. The topological polar surface area (TPSA) is 80.9 Å². The first-order valence-electron chi connectivity index (χ1n) is 5.76. The van der Waals surface area contributed by atoms with Crippen LogP contribution in [0.15, 0.2) is 12.4 Å². The molecule has 6 heteroatoms. The zero-order valence-corrected chi connectivity index (χ0v) is 11.5. The summed E-state index contributed by atoms with van der Waals surface area (Å²) in [5.41, 5.74) is 6.71. The van der Waals surface area contributed by atoms with Crippen molar-refractivity contribution >= 4 is 33.3 Å². The molecule has 2 heterocycles. The molecular formula is C12H16N4OS. The molecule has 0 aliphatic carbocycles. The number of amides is 1. The highest BCUT2D eigenvalue weighted by Gasteiger charge is 2.23. The maximum Gasteiger partial charge on any atom is 0.264 e. The molecule has 0 aromatic carbocycles. The van der Waals surface area contributed by atoms with Crippen LogP contribution in [0.5, 0.6) is 0 Å². The monoisotopic (exact) mass is 264 g/mol. The smallest absolute Gasteiger partial charge is 0.264 e. The highest BCUT2D eigenvalue weighted by molar-refractivity contribution is 7.21. The van der Waals surface area contributed by atoms with Crippen molar-refractivity contribution in [1.82, 2.24) is 15.3 Å². The summed E-state index contributed by atoms with van der Waals surface area (Å²) in [6.07, 6.45) is 4.01. The van der Waals surface area contributed by atoms with Gasteiger partial charge in [0.05, 0.1) is 5.69 Å². The van der Waals surface area contributed by atoms with E-state index in [2.05, 4.69) is 15.3 Å². The Balaban J connectivity index is 2.37. The number of thiophene rings is 1. The third kappa shape index (κ3) is 2.28. The first kappa shape index (κ1) is 12.8. The van der Waals surface area contributed by atoms with Crippen LogP contribution < -0.4 is 11.1 Å². The maximum absolute atomic E-state index is 12.2. The fraction of sp³-hybridized carbons (Fsp3) is 0.417. The van der Waals surface area contributed by atoms with Gasteiger partial charge in [-0.2, -0.15) is 0 Å². The van der Waals surface area contributed by atoms with Crippen LogP contribution >= 0.6 is 11.3 Å². The number of fused-ring (bicyclic) bond motifs is 1. The summed E-state index contributed by atoms with van der Waals surface area (Å²) in [7, 11) is 0. The molecule has 0 fully saturated rings. The molecule has 0 aliphatic heterocycles. The number of aromatic nitrogens is 2. The number of anilines is 1. The molecule has 0 atom stereocenters. The zero-order chi connectivity index (χ0) is 13.3. The minimum absolute atomic E-state index is 0.163. The molecule has 0 bridgehead atoms. The van der Waals surface area contributed by atoms with Gasteiger partial charge in [0.2, 0.25) is 0 Å². The van der Waals surface area contributed by atoms with Crippen molar-refractivity contribution in [2.75, 3.05) is 5.73 Å². The highest BCUT2D eigenvalue weighted by Crippen LogP contribution is 2.30. The zero-order valence-electron chi connectivity index (χ0n) is 10.7. The molecule has 0 saturated heterocycles. The number of nitrogen functional groups attached to an aromatic ring is 1. The second-order valence-corrected chi connectivity index (χ2v) is 5.75. The molecular weight excluding hydrogens is 248 g/mol. The molecule has 2 aromatic heterocycles. The number of hydrogen-bond donors (Lipinski definition) is 2. The Morgan fingerprint density at radius 3 is 2.72 bits per heavy atom. The molecule has 0 spiro atoms. The molecule has 1 amide bonds. The Morgan fingerprint density at radius 1 is 1.44 bits per heavy atom. The van der Waals surface area contributed by atoms with E-state index in [-0.39, 0.29) is 11.4 Å². The summed E-state index contributed by atoms with van der Waals surface area (Å²) in [5, 5.41) is 2.96. The SMILES string of the molecule is CCC(C)(C)NC(=O)c1sc2nccnc2c1N. The quantitative estimate of drug-likeness (QED) is 0.890. The van der Waals surface area contributed by atoms with Crippen LogP contribution in [0.25, 0.3) is 10.3 Å². The van der Waals surface area contributed by atoms with E-state index in [0.717, 1.165) is 6.42 Å². The van der Waals surface area contributed by atoms with Crippen LogP contribution in [0.4, 0.5) is 5.69 Å². The molecule has 5 nitrogen and oxygen atoms in total. The average Bonchev–Trinajstić information content (AvgIpc) is 2.67. The standard InChI is InChI=1S/C12H16N4OS/c1-4-12(2,3)16-10(17)9-7(13)8-11(18-9)15-6-5-14-8/h5-6H,4,13H2,1-3H3,(H,16,17). The largest absolute Gasteiger partial charge is 0.396 e. The van der Waals surface area contributed by atoms with Crippen molar-refractivity contribution in [2.45, 2.75) is 32.7 Å². The minimum Gasteiger partial charge on any atom is -0.396 e. The molecule has 0 saturated carbocycles. The van der Waals surface area contributed by atoms with Crippen LogP contribution in [-0.2, 0) is 0 Å². The van der Waals surface area contributed by atoms with Gasteiger partial charge in [-0.25, -0.2) is 9.97 Å². The van der Waals surface area contributed by atoms with Gasteiger partial charge < -0.3 is 11.1 Å². The predicted octanol–water partition coefficient (Wildman–Crippen LogP) is 2.19. The number of nitrogens with zero attached hydrogens (tertiary/aromatic N) is 2. The van der Waals surface area contributed by atoms with Crippen molar-refractivity contribution < 1.29 is 4.79 Å². The number of nitrogens with two attached hydrogens (primary N) is 1. The third-order valence-electron chi connectivity index (χ3n) is 2.91. The van der Waals surface area contributed by atoms with E-state index in [1.165, 1.54) is 11.3 Å². The van der Waals surface area contributed by atoms with E-state index >= 15 is 0 Å².